The Bertz CT molecular complexity index is 215. The molecule has 5 heteroatoms. The molecule has 0 amide bonds. The maximum Gasteiger partial charge on any atom is 0.389 e. The molecule has 1 rings (SSSR count). The van der Waals surface area contributed by atoms with Crippen molar-refractivity contribution in [3.05, 3.63) is 0 Å². The van der Waals surface area contributed by atoms with Gasteiger partial charge in [-0.05, 0) is 32.6 Å². The summed E-state index contributed by atoms with van der Waals surface area (Å²) in [7, 11) is 0. The second-order valence-corrected chi connectivity index (χ2v) is 5.14. The van der Waals surface area contributed by atoms with Gasteiger partial charge in [0.15, 0.2) is 0 Å². The second-order valence-electron chi connectivity index (χ2n) is 5.14. The predicted molar refractivity (Wildman–Crippen MR) is 65.6 cm³/mol. The van der Waals surface area contributed by atoms with Crippen LogP contribution in [0.4, 0.5) is 13.2 Å². The van der Waals surface area contributed by atoms with E-state index in [2.05, 4.69) is 5.32 Å². The van der Waals surface area contributed by atoms with E-state index in [4.69, 9.17) is 4.74 Å². The summed E-state index contributed by atoms with van der Waals surface area (Å²) in [6, 6.07) is 0.125. The molecule has 0 aromatic heterocycles. The van der Waals surface area contributed by atoms with Crippen molar-refractivity contribution in [3.8, 4) is 0 Å². The monoisotopic (exact) mass is 267 g/mol. The minimum Gasteiger partial charge on any atom is -0.377 e. The fourth-order valence-corrected chi connectivity index (χ4v) is 2.30. The Morgan fingerprint density at radius 3 is 2.56 bits per heavy atom. The van der Waals surface area contributed by atoms with Crippen LogP contribution in [-0.2, 0) is 4.74 Å². The topological polar surface area (TPSA) is 21.3 Å². The molecule has 0 bridgehead atoms. The molecule has 0 aliphatic heterocycles. The van der Waals surface area contributed by atoms with Crippen LogP contribution in [0.1, 0.15) is 51.9 Å². The fraction of sp³-hybridized carbons (Fsp3) is 1.00. The molecule has 1 aliphatic rings. The van der Waals surface area contributed by atoms with Crippen molar-refractivity contribution in [3.63, 3.8) is 0 Å². The van der Waals surface area contributed by atoms with Crippen LogP contribution in [0.5, 0.6) is 0 Å². The van der Waals surface area contributed by atoms with Gasteiger partial charge in [-0.15, -0.1) is 0 Å². The number of hydrogen-bond acceptors (Lipinski definition) is 2. The molecule has 0 spiro atoms. The lowest BCUT2D eigenvalue weighted by atomic mass is 10.1. The predicted octanol–water partition coefficient (Wildman–Crippen LogP) is 3.66. The van der Waals surface area contributed by atoms with E-state index in [1.165, 1.54) is 12.8 Å². The lowest BCUT2D eigenvalue weighted by Gasteiger charge is -2.16. The van der Waals surface area contributed by atoms with Crippen LogP contribution in [0.25, 0.3) is 0 Å². The second kappa shape index (κ2) is 8.00. The standard InChI is InChI=1S/C13H24F3NO/c1-11(5-4-8-13(14,15)16)17-9-10-18-12-6-2-3-7-12/h11-12,17H,2-10H2,1H3. The molecule has 0 aromatic carbocycles. The van der Waals surface area contributed by atoms with Crippen LogP contribution in [-0.4, -0.2) is 31.5 Å². The van der Waals surface area contributed by atoms with Crippen LogP contribution in [0.15, 0.2) is 0 Å². The maximum absolute atomic E-state index is 11.9. The van der Waals surface area contributed by atoms with Gasteiger partial charge in [0.25, 0.3) is 0 Å². The summed E-state index contributed by atoms with van der Waals surface area (Å²) in [5.74, 6) is 0. The summed E-state index contributed by atoms with van der Waals surface area (Å²) in [5.41, 5.74) is 0. The average molecular weight is 267 g/mol. The van der Waals surface area contributed by atoms with Gasteiger partial charge in [0.1, 0.15) is 0 Å². The summed E-state index contributed by atoms with van der Waals surface area (Å²) in [5, 5.41) is 3.20. The summed E-state index contributed by atoms with van der Waals surface area (Å²) in [6.45, 7) is 3.31. The van der Waals surface area contributed by atoms with Gasteiger partial charge in [-0.1, -0.05) is 12.8 Å². The van der Waals surface area contributed by atoms with E-state index in [9.17, 15) is 13.2 Å². The summed E-state index contributed by atoms with van der Waals surface area (Å²) in [6.07, 6.45) is 1.28. The van der Waals surface area contributed by atoms with E-state index in [1.807, 2.05) is 6.92 Å². The molecule has 0 aromatic rings. The van der Waals surface area contributed by atoms with Gasteiger partial charge in [0.05, 0.1) is 12.7 Å². The molecule has 1 atom stereocenters. The van der Waals surface area contributed by atoms with Gasteiger partial charge in [0, 0.05) is 19.0 Å². The Labute approximate surface area is 107 Å². The molecule has 0 saturated heterocycles. The molecule has 2 nitrogen and oxygen atoms in total. The molecule has 1 aliphatic carbocycles. The third kappa shape index (κ3) is 7.93. The molecule has 1 unspecified atom stereocenters. The highest BCUT2D eigenvalue weighted by Crippen LogP contribution is 2.22. The van der Waals surface area contributed by atoms with E-state index >= 15 is 0 Å². The third-order valence-corrected chi connectivity index (χ3v) is 3.35. The van der Waals surface area contributed by atoms with E-state index in [1.54, 1.807) is 0 Å². The zero-order valence-electron chi connectivity index (χ0n) is 11.1. The Morgan fingerprint density at radius 1 is 1.28 bits per heavy atom. The summed E-state index contributed by atoms with van der Waals surface area (Å²) in [4.78, 5) is 0. The van der Waals surface area contributed by atoms with Crippen molar-refractivity contribution >= 4 is 0 Å². The Kier molecular flexibility index (Phi) is 7.00. The number of halogens is 3. The summed E-state index contributed by atoms with van der Waals surface area (Å²) < 4.78 is 41.5. The van der Waals surface area contributed by atoms with E-state index in [-0.39, 0.29) is 12.5 Å². The lowest BCUT2D eigenvalue weighted by Crippen LogP contribution is -2.30. The van der Waals surface area contributed by atoms with Crippen molar-refractivity contribution < 1.29 is 17.9 Å². The van der Waals surface area contributed by atoms with Crippen LogP contribution in [0.3, 0.4) is 0 Å². The molecule has 1 saturated carbocycles. The highest BCUT2D eigenvalue weighted by molar-refractivity contribution is 4.67. The van der Waals surface area contributed by atoms with Crippen LogP contribution < -0.4 is 5.32 Å². The van der Waals surface area contributed by atoms with Gasteiger partial charge < -0.3 is 10.1 Å². The Balaban J connectivity index is 1.91. The minimum atomic E-state index is -4.02. The largest absolute Gasteiger partial charge is 0.389 e. The molecule has 0 heterocycles. The van der Waals surface area contributed by atoms with Crippen molar-refractivity contribution in [1.82, 2.24) is 5.32 Å². The maximum atomic E-state index is 11.9. The SMILES string of the molecule is CC(CCCC(F)(F)F)NCCOC1CCCC1. The average Bonchev–Trinajstić information content (AvgIpc) is 2.75. The number of hydrogen-bond donors (Lipinski definition) is 1. The lowest BCUT2D eigenvalue weighted by molar-refractivity contribution is -0.135. The first kappa shape index (κ1) is 15.8. The van der Waals surface area contributed by atoms with Crippen molar-refractivity contribution in [2.45, 2.75) is 70.2 Å². The molecule has 1 N–H and O–H groups in total. The number of rotatable bonds is 8. The van der Waals surface area contributed by atoms with E-state index < -0.39 is 12.6 Å². The summed E-state index contributed by atoms with van der Waals surface area (Å²) >= 11 is 0. The zero-order chi connectivity index (χ0) is 13.4. The first-order valence-corrected chi connectivity index (χ1v) is 6.89. The smallest absolute Gasteiger partial charge is 0.377 e. The molecule has 18 heavy (non-hydrogen) atoms. The molecule has 108 valence electrons. The molecular formula is C13H24F3NO. The normalized spacial score (nSPS) is 19.3. The van der Waals surface area contributed by atoms with Gasteiger partial charge in [-0.25, -0.2) is 0 Å². The van der Waals surface area contributed by atoms with E-state index in [0.717, 1.165) is 19.4 Å². The van der Waals surface area contributed by atoms with Gasteiger partial charge >= 0.3 is 6.18 Å². The van der Waals surface area contributed by atoms with Crippen molar-refractivity contribution in [2.24, 2.45) is 0 Å². The number of alkyl halides is 3. The molecule has 1 fully saturated rings. The van der Waals surface area contributed by atoms with E-state index in [0.29, 0.717) is 19.1 Å². The first-order valence-electron chi connectivity index (χ1n) is 6.89. The fourth-order valence-electron chi connectivity index (χ4n) is 2.30. The van der Waals surface area contributed by atoms with Gasteiger partial charge in [0.2, 0.25) is 0 Å². The van der Waals surface area contributed by atoms with Crippen LogP contribution in [0.2, 0.25) is 0 Å². The first-order chi connectivity index (χ1) is 8.47. The van der Waals surface area contributed by atoms with Crippen molar-refractivity contribution in [1.29, 1.82) is 0 Å². The molecular weight excluding hydrogens is 243 g/mol. The highest BCUT2D eigenvalue weighted by atomic mass is 19.4. The van der Waals surface area contributed by atoms with Crippen molar-refractivity contribution in [2.75, 3.05) is 13.2 Å². The third-order valence-electron chi connectivity index (χ3n) is 3.35. The van der Waals surface area contributed by atoms with Crippen LogP contribution >= 0.6 is 0 Å². The van der Waals surface area contributed by atoms with Gasteiger partial charge in [-0.3, -0.25) is 0 Å². The van der Waals surface area contributed by atoms with Gasteiger partial charge in [-0.2, -0.15) is 13.2 Å². The molecule has 0 radical (unpaired) electrons. The Hall–Kier alpha value is -0.290. The highest BCUT2D eigenvalue weighted by Gasteiger charge is 2.26. The minimum absolute atomic E-state index is 0.125. The number of ether oxygens (including phenoxy) is 1. The Morgan fingerprint density at radius 2 is 1.94 bits per heavy atom. The quantitative estimate of drug-likeness (QED) is 0.678. The number of nitrogens with one attached hydrogen (secondary N) is 1. The zero-order valence-corrected chi connectivity index (χ0v) is 11.1. The van der Waals surface area contributed by atoms with Crippen LogP contribution in [0, 0.1) is 0 Å².